The van der Waals surface area contributed by atoms with Gasteiger partial charge >= 0.3 is 30.5 Å². The fourth-order valence-electron chi connectivity index (χ4n) is 8.06. The van der Waals surface area contributed by atoms with Gasteiger partial charge in [0.1, 0.15) is 52.4 Å². The molecular weight excluding hydrogens is 979 g/mol. The highest BCUT2D eigenvalue weighted by atomic mass is 16.7. The minimum atomic E-state index is -1.88. The van der Waals surface area contributed by atoms with E-state index in [1.807, 2.05) is 0 Å². The Morgan fingerprint density at radius 2 is 1.00 bits per heavy atom. The number of hydrogen-bond acceptors (Lipinski definition) is 20. The summed E-state index contributed by atoms with van der Waals surface area (Å²) in [6.45, 7) is 23.9. The quantitative estimate of drug-likeness (QED) is 0.0979. The smallest absolute Gasteiger partial charge is 0.408 e. The summed E-state index contributed by atoms with van der Waals surface area (Å²) in [5.74, 6) is -0.948. The van der Waals surface area contributed by atoms with Crippen LogP contribution in [0.25, 0.3) is 0 Å². The molecule has 11 N–H and O–H groups in total. The minimum Gasteiger partial charge on any atom is -0.444 e. The van der Waals surface area contributed by atoms with Crippen LogP contribution in [0.1, 0.15) is 130 Å². The lowest BCUT2D eigenvalue weighted by molar-refractivity contribution is -0.305. The van der Waals surface area contributed by atoms with Gasteiger partial charge in [-0.05, 0) is 137 Å². The van der Waals surface area contributed by atoms with E-state index in [4.69, 9.17) is 42.6 Å². The van der Waals surface area contributed by atoms with E-state index in [0.29, 0.717) is 6.42 Å². The van der Waals surface area contributed by atoms with Crippen molar-refractivity contribution in [1.82, 2.24) is 37.2 Å². The van der Waals surface area contributed by atoms with Gasteiger partial charge < -0.3 is 100 Å². The molecule has 2 aliphatic heterocycles. The number of nitrogens with one attached hydrogen (secondary N) is 7. The zero-order valence-electron chi connectivity index (χ0n) is 45.9. The Morgan fingerprint density at radius 3 is 1.49 bits per heavy atom. The molecule has 0 aromatic heterocycles. The number of rotatable bonds is 16. The lowest BCUT2D eigenvalue weighted by Gasteiger charge is -2.51. The van der Waals surface area contributed by atoms with Crippen LogP contribution in [-0.4, -0.2) is 197 Å². The van der Waals surface area contributed by atoms with E-state index in [-0.39, 0.29) is 32.4 Å². The second-order valence-corrected chi connectivity index (χ2v) is 23.6. The first-order chi connectivity index (χ1) is 33.9. The van der Waals surface area contributed by atoms with Crippen LogP contribution in [0.2, 0.25) is 0 Å². The molecule has 428 valence electrons. The van der Waals surface area contributed by atoms with Gasteiger partial charge in [0.25, 0.3) is 0 Å². The summed E-state index contributed by atoms with van der Waals surface area (Å²) in [6.07, 6.45) is -17.5. The molecule has 1 aliphatic carbocycles. The van der Waals surface area contributed by atoms with Crippen molar-refractivity contribution in [1.29, 1.82) is 0 Å². The van der Waals surface area contributed by atoms with Gasteiger partial charge in [-0.3, -0.25) is 4.79 Å². The molecule has 6 amide bonds. The maximum absolute atomic E-state index is 14.0. The van der Waals surface area contributed by atoms with Crippen LogP contribution < -0.4 is 37.2 Å². The van der Waals surface area contributed by atoms with Crippen molar-refractivity contribution < 1.29 is 91.8 Å². The van der Waals surface area contributed by atoms with Gasteiger partial charge in [-0.1, -0.05) is 0 Å². The van der Waals surface area contributed by atoms with Crippen molar-refractivity contribution in [3.8, 4) is 0 Å². The van der Waals surface area contributed by atoms with Gasteiger partial charge in [0.05, 0.1) is 55.1 Å². The maximum Gasteiger partial charge on any atom is 0.408 e. The number of likely N-dealkylation sites (N-methyl/N-ethyl adjacent to an activating group) is 1. The molecule has 14 atom stereocenters. The third-order valence-corrected chi connectivity index (χ3v) is 10.9. The number of carbonyl (C=O) groups excluding carboxylic acids is 6. The largest absolute Gasteiger partial charge is 0.444 e. The highest BCUT2D eigenvalue weighted by molar-refractivity contribution is 5.81. The van der Waals surface area contributed by atoms with Crippen LogP contribution in [0.4, 0.5) is 24.0 Å². The van der Waals surface area contributed by atoms with Crippen molar-refractivity contribution in [2.75, 3.05) is 26.7 Å². The molecule has 0 spiro atoms. The van der Waals surface area contributed by atoms with Crippen molar-refractivity contribution in [2.45, 2.75) is 243 Å². The predicted octanol–water partition coefficient (Wildman–Crippen LogP) is 1.66. The molecule has 1 saturated carbocycles. The first-order valence-electron chi connectivity index (χ1n) is 25.0. The zero-order valence-corrected chi connectivity index (χ0v) is 45.9. The monoisotopic (exact) mass is 1070 g/mol. The van der Waals surface area contributed by atoms with Crippen molar-refractivity contribution in [3.63, 3.8) is 0 Å². The van der Waals surface area contributed by atoms with E-state index in [1.54, 1.807) is 104 Å². The molecule has 3 rings (SSSR count). The molecule has 0 bridgehead atoms. The average molecular weight is 1070 g/mol. The molecule has 0 radical (unpaired) electrons. The molecule has 2 saturated heterocycles. The Kier molecular flexibility index (Phi) is 22.8. The Labute approximate surface area is 434 Å². The fraction of sp³-hybridized carbons (Fsp3) is 0.875. The van der Waals surface area contributed by atoms with Crippen LogP contribution in [-0.2, 0) is 47.4 Å². The van der Waals surface area contributed by atoms with E-state index in [0.717, 1.165) is 0 Å². The predicted molar refractivity (Wildman–Crippen MR) is 263 cm³/mol. The van der Waals surface area contributed by atoms with E-state index in [2.05, 4.69) is 37.2 Å². The van der Waals surface area contributed by atoms with Gasteiger partial charge in [0.2, 0.25) is 5.91 Å². The molecule has 3 fully saturated rings. The van der Waals surface area contributed by atoms with Crippen LogP contribution in [0.15, 0.2) is 0 Å². The van der Waals surface area contributed by atoms with Crippen LogP contribution in [0.5, 0.6) is 0 Å². The van der Waals surface area contributed by atoms with Crippen LogP contribution >= 0.6 is 0 Å². The third kappa shape index (κ3) is 22.0. The highest BCUT2D eigenvalue weighted by Gasteiger charge is 2.54. The van der Waals surface area contributed by atoms with Gasteiger partial charge in [0, 0.05) is 13.1 Å². The Morgan fingerprint density at radius 1 is 0.554 bits per heavy atom. The molecule has 6 unspecified atom stereocenters. The second-order valence-electron chi connectivity index (χ2n) is 23.6. The van der Waals surface area contributed by atoms with E-state index in [9.17, 15) is 49.2 Å². The summed E-state index contributed by atoms with van der Waals surface area (Å²) in [5, 5.41) is 63.7. The fourth-order valence-corrected chi connectivity index (χ4v) is 8.06. The first-order valence-corrected chi connectivity index (χ1v) is 25.0. The number of hydrogen-bond donors (Lipinski definition) is 11. The molecule has 3 aliphatic rings. The standard InChI is InChI=1S/C48H87N7O19/c1-44(2,3)70-39(61)50-20-19-28(57)36(60)52-26-21-27(54-42(64)73-47(10,11)12)35(31(49-16)34(26)69-38-33(59)30(32(58)29(23-56)67-38)55-43(65)74-48(13,14)15)68-37-25(53-41(63)72-46(7,8)9)18-17-24(66-37)22-51-40(62)71-45(4,5)6/h24-35,37-38,49,56-59H,17-23H2,1-16H3,(H,50,61)(H,51,62)(H,52,60)(H,53,63)(H,54,64)(H,55,65)/t24?,25?,26-,27+,28+,29?,30+,31?,32+,33?,34-,35?,37+,38+/m1/s1. The molecule has 26 heteroatoms. The summed E-state index contributed by atoms with van der Waals surface area (Å²) in [5.41, 5.74) is -4.50. The average Bonchev–Trinajstić information content (AvgIpc) is 3.21. The van der Waals surface area contributed by atoms with Gasteiger partial charge in [-0.2, -0.15) is 0 Å². The Bertz CT molecular complexity index is 1860. The summed E-state index contributed by atoms with van der Waals surface area (Å²) < 4.78 is 53.1. The second kappa shape index (κ2) is 26.5. The lowest BCUT2D eigenvalue weighted by atomic mass is 9.81. The van der Waals surface area contributed by atoms with Crippen molar-refractivity contribution in [2.24, 2.45) is 0 Å². The van der Waals surface area contributed by atoms with E-state index >= 15 is 0 Å². The van der Waals surface area contributed by atoms with Gasteiger partial charge in [-0.25, -0.2) is 24.0 Å². The molecule has 26 nitrogen and oxygen atoms in total. The molecular formula is C48H87N7O19. The van der Waals surface area contributed by atoms with Gasteiger partial charge in [0.15, 0.2) is 12.6 Å². The minimum absolute atomic E-state index is 0.0453. The zero-order chi connectivity index (χ0) is 56.3. The van der Waals surface area contributed by atoms with E-state index in [1.165, 1.54) is 7.05 Å². The summed E-state index contributed by atoms with van der Waals surface area (Å²) >= 11 is 0. The normalized spacial score (nSPS) is 29.3. The van der Waals surface area contributed by atoms with Crippen molar-refractivity contribution in [3.05, 3.63) is 0 Å². The summed E-state index contributed by atoms with van der Waals surface area (Å²) in [4.78, 5) is 79.2. The molecule has 2 heterocycles. The number of amides is 6. The first kappa shape index (κ1) is 63.8. The number of carbonyl (C=O) groups is 6. The Balaban J connectivity index is 2.16. The summed E-state index contributed by atoms with van der Waals surface area (Å²) in [6, 6.07) is -6.05. The Hall–Kier alpha value is -4.54. The number of alkyl carbamates (subject to hydrolysis) is 5. The molecule has 74 heavy (non-hydrogen) atoms. The molecule has 0 aromatic rings. The topological polar surface area (TPSA) is 351 Å². The summed E-state index contributed by atoms with van der Waals surface area (Å²) in [7, 11) is 1.50. The van der Waals surface area contributed by atoms with Gasteiger partial charge in [-0.15, -0.1) is 0 Å². The van der Waals surface area contributed by atoms with Crippen molar-refractivity contribution >= 4 is 36.4 Å². The molecule has 0 aromatic carbocycles. The number of aliphatic hydroxyl groups is 4. The highest BCUT2D eigenvalue weighted by Crippen LogP contribution is 2.34. The number of aliphatic hydroxyl groups excluding tert-OH is 4. The lowest BCUT2D eigenvalue weighted by Crippen LogP contribution is -2.72. The number of ether oxygens (including phenoxy) is 9. The van der Waals surface area contributed by atoms with Crippen LogP contribution in [0, 0.1) is 0 Å². The SMILES string of the molecule is CNC1C(O[C@@H]2OC(CNC(=O)OC(C)(C)C)CCC2NC(=O)OC(C)(C)C)[C@@H](NC(=O)OC(C)(C)C)C[C@@H](NC(=O)[C@@H](O)CCNC(=O)OC(C)(C)C)[C@H]1O[C@@H]1OC(CO)[C@H](O)[C@H](NC(=O)OC(C)(C)C)C1O. The third-order valence-electron chi connectivity index (χ3n) is 10.9. The maximum atomic E-state index is 14.0. The van der Waals surface area contributed by atoms with Crippen LogP contribution in [0.3, 0.4) is 0 Å². The van der Waals surface area contributed by atoms with E-state index < -0.39 is 157 Å².